The van der Waals surface area contributed by atoms with E-state index < -0.39 is 0 Å². The number of benzene rings is 1. The van der Waals surface area contributed by atoms with Crippen molar-refractivity contribution < 1.29 is 9.67 Å². The third-order valence-corrected chi connectivity index (χ3v) is 2.84. The largest absolute Gasteiger partial charge is 0.508 e. The Morgan fingerprint density at radius 3 is 2.65 bits per heavy atom. The van der Waals surface area contributed by atoms with Gasteiger partial charge in [0.2, 0.25) is 6.33 Å². The summed E-state index contributed by atoms with van der Waals surface area (Å²) in [4.78, 5) is 3.02. The third kappa shape index (κ3) is 2.67. The molecule has 0 radical (unpaired) electrons. The fourth-order valence-corrected chi connectivity index (χ4v) is 1.91. The number of nitrogens with zero attached hydrogens (tertiary/aromatic N) is 1. The Hall–Kier alpha value is -1.77. The Morgan fingerprint density at radius 2 is 2.06 bits per heavy atom. The number of rotatable bonds is 2. The zero-order valence-electron chi connectivity index (χ0n) is 10.6. The van der Waals surface area contributed by atoms with Crippen LogP contribution in [0.1, 0.15) is 31.9 Å². The number of hydrogen-bond acceptors (Lipinski definition) is 1. The second-order valence-electron chi connectivity index (χ2n) is 5.39. The maximum absolute atomic E-state index is 9.88. The lowest BCUT2D eigenvalue weighted by Gasteiger charge is -2.21. The van der Waals surface area contributed by atoms with Crippen molar-refractivity contribution in [1.82, 2.24) is 4.98 Å². The number of aromatic nitrogens is 2. The van der Waals surface area contributed by atoms with Gasteiger partial charge in [-0.2, -0.15) is 0 Å². The number of imidazole rings is 1. The van der Waals surface area contributed by atoms with E-state index in [0.29, 0.717) is 5.75 Å². The minimum absolute atomic E-state index is 0.0388. The summed E-state index contributed by atoms with van der Waals surface area (Å²) in [6.45, 7) is 7.13. The van der Waals surface area contributed by atoms with Gasteiger partial charge in [0.25, 0.3) is 0 Å². The van der Waals surface area contributed by atoms with Gasteiger partial charge in [-0.25, -0.2) is 4.57 Å². The highest BCUT2D eigenvalue weighted by Crippen LogP contribution is 2.31. The third-order valence-electron chi connectivity index (χ3n) is 2.84. The van der Waals surface area contributed by atoms with Crippen LogP contribution in [0, 0.1) is 0 Å². The van der Waals surface area contributed by atoms with Gasteiger partial charge in [0.05, 0.1) is 0 Å². The molecular weight excluding hydrogens is 212 g/mol. The monoisotopic (exact) mass is 231 g/mol. The summed E-state index contributed by atoms with van der Waals surface area (Å²) in [7, 11) is 0. The maximum Gasteiger partial charge on any atom is 0.241 e. The lowest BCUT2D eigenvalue weighted by atomic mass is 9.85. The molecular formula is C14H19N2O+. The molecule has 90 valence electrons. The zero-order valence-corrected chi connectivity index (χ0v) is 10.6. The summed E-state index contributed by atoms with van der Waals surface area (Å²) in [5.74, 6) is 0.375. The topological polar surface area (TPSA) is 39.9 Å². The first-order valence-corrected chi connectivity index (χ1v) is 5.81. The highest BCUT2D eigenvalue weighted by atomic mass is 16.3. The Kier molecular flexibility index (Phi) is 2.92. The first-order valence-electron chi connectivity index (χ1n) is 5.81. The van der Waals surface area contributed by atoms with Crippen molar-refractivity contribution in [2.45, 2.75) is 32.7 Å². The number of hydrogen-bond donors (Lipinski definition) is 2. The van der Waals surface area contributed by atoms with Gasteiger partial charge in [-0.1, -0.05) is 26.8 Å². The van der Waals surface area contributed by atoms with Gasteiger partial charge in [0.15, 0.2) is 0 Å². The summed E-state index contributed by atoms with van der Waals surface area (Å²) >= 11 is 0. The molecule has 1 heterocycles. The summed E-state index contributed by atoms with van der Waals surface area (Å²) in [6.07, 6.45) is 5.80. The molecule has 2 rings (SSSR count). The molecule has 2 N–H and O–H groups in total. The van der Waals surface area contributed by atoms with Crippen LogP contribution in [0.5, 0.6) is 5.75 Å². The van der Waals surface area contributed by atoms with Crippen molar-refractivity contribution in [3.05, 3.63) is 48.0 Å². The molecule has 1 aromatic carbocycles. The normalized spacial score (nSPS) is 11.7. The first kappa shape index (κ1) is 11.7. The molecule has 0 saturated carbocycles. The van der Waals surface area contributed by atoms with Gasteiger partial charge in [-0.05, 0) is 28.7 Å². The molecule has 3 heteroatoms. The highest BCUT2D eigenvalue weighted by Gasteiger charge is 2.18. The van der Waals surface area contributed by atoms with Gasteiger partial charge in [-0.15, -0.1) is 0 Å². The minimum atomic E-state index is -0.0388. The number of aromatic hydroxyl groups is 1. The van der Waals surface area contributed by atoms with Crippen LogP contribution < -0.4 is 4.57 Å². The Balaban J connectivity index is 2.31. The van der Waals surface area contributed by atoms with Crippen LogP contribution in [0.4, 0.5) is 0 Å². The van der Waals surface area contributed by atoms with Crippen LogP contribution in [0.3, 0.4) is 0 Å². The molecule has 0 fully saturated rings. The van der Waals surface area contributed by atoms with Gasteiger partial charge in [0, 0.05) is 0 Å². The van der Waals surface area contributed by atoms with E-state index in [1.54, 1.807) is 6.07 Å². The molecule has 0 aliphatic heterocycles. The summed E-state index contributed by atoms with van der Waals surface area (Å²) in [5, 5.41) is 9.88. The molecule has 1 aromatic heterocycles. The number of phenolic OH excluding ortho intramolecular Hbond substituents is 1. The Bertz CT molecular complexity index is 495. The molecule has 0 bridgehead atoms. The lowest BCUT2D eigenvalue weighted by molar-refractivity contribution is -0.687. The second kappa shape index (κ2) is 4.24. The van der Waals surface area contributed by atoms with Crippen LogP contribution in [0.25, 0.3) is 0 Å². The van der Waals surface area contributed by atoms with E-state index in [0.717, 1.165) is 12.1 Å². The van der Waals surface area contributed by atoms with E-state index in [1.807, 2.05) is 24.8 Å². The van der Waals surface area contributed by atoms with E-state index in [1.165, 1.54) is 5.56 Å². The van der Waals surface area contributed by atoms with Gasteiger partial charge in [0.1, 0.15) is 24.7 Å². The van der Waals surface area contributed by atoms with Crippen molar-refractivity contribution in [1.29, 1.82) is 0 Å². The van der Waals surface area contributed by atoms with Crippen molar-refractivity contribution in [3.8, 4) is 5.75 Å². The molecule has 2 aromatic rings. The van der Waals surface area contributed by atoms with Gasteiger partial charge in [-0.3, -0.25) is 4.98 Å². The molecule has 0 spiro atoms. The molecule has 17 heavy (non-hydrogen) atoms. The van der Waals surface area contributed by atoms with Crippen molar-refractivity contribution in [3.63, 3.8) is 0 Å². The van der Waals surface area contributed by atoms with E-state index in [-0.39, 0.29) is 5.41 Å². The predicted molar refractivity (Wildman–Crippen MR) is 66.9 cm³/mol. The summed E-state index contributed by atoms with van der Waals surface area (Å²) < 4.78 is 2.07. The van der Waals surface area contributed by atoms with Crippen molar-refractivity contribution in [2.24, 2.45) is 0 Å². The average molecular weight is 231 g/mol. The highest BCUT2D eigenvalue weighted by molar-refractivity contribution is 5.40. The fraction of sp³-hybridized carbons (Fsp3) is 0.357. The zero-order chi connectivity index (χ0) is 12.5. The molecule has 3 nitrogen and oxygen atoms in total. The number of nitrogens with one attached hydrogen (secondary N) is 1. The maximum atomic E-state index is 9.88. The van der Waals surface area contributed by atoms with E-state index in [2.05, 4.69) is 36.4 Å². The van der Waals surface area contributed by atoms with Crippen LogP contribution in [0.15, 0.2) is 36.9 Å². The number of phenols is 1. The molecule has 0 unspecified atom stereocenters. The molecule has 0 atom stereocenters. The van der Waals surface area contributed by atoms with Crippen molar-refractivity contribution >= 4 is 0 Å². The Morgan fingerprint density at radius 1 is 1.29 bits per heavy atom. The van der Waals surface area contributed by atoms with Crippen LogP contribution in [-0.4, -0.2) is 10.1 Å². The summed E-state index contributed by atoms with van der Waals surface area (Å²) in [6, 6.07) is 5.82. The predicted octanol–water partition coefficient (Wildman–Crippen LogP) is 2.35. The second-order valence-corrected chi connectivity index (χ2v) is 5.39. The standard InChI is InChI=1S/C14H18N2O/c1-14(2,3)12-8-11(4-5-13(12)17)9-16-7-6-15-10-16/h4-8,10,17H,9H2,1-3H3/p+1. The van der Waals surface area contributed by atoms with Gasteiger partial charge < -0.3 is 5.11 Å². The number of aromatic amines is 1. The van der Waals surface area contributed by atoms with Crippen LogP contribution >= 0.6 is 0 Å². The molecule has 0 aliphatic carbocycles. The van der Waals surface area contributed by atoms with Crippen LogP contribution in [-0.2, 0) is 12.0 Å². The minimum Gasteiger partial charge on any atom is -0.508 e. The fourth-order valence-electron chi connectivity index (χ4n) is 1.91. The van der Waals surface area contributed by atoms with E-state index >= 15 is 0 Å². The van der Waals surface area contributed by atoms with Crippen LogP contribution in [0.2, 0.25) is 0 Å². The van der Waals surface area contributed by atoms with Gasteiger partial charge >= 0.3 is 0 Å². The molecule has 0 saturated heterocycles. The number of H-pyrrole nitrogens is 1. The smallest absolute Gasteiger partial charge is 0.241 e. The van der Waals surface area contributed by atoms with E-state index in [9.17, 15) is 5.11 Å². The SMILES string of the molecule is CC(C)(C)c1cc(C[n+]2cc[nH]c2)ccc1O. The van der Waals surface area contributed by atoms with E-state index in [4.69, 9.17) is 0 Å². The molecule has 0 amide bonds. The van der Waals surface area contributed by atoms with Crippen molar-refractivity contribution in [2.75, 3.05) is 0 Å². The quantitative estimate of drug-likeness (QED) is 0.765. The summed E-state index contributed by atoms with van der Waals surface area (Å²) in [5.41, 5.74) is 2.14. The first-order chi connectivity index (χ1) is 7.97. The Labute approximate surface area is 102 Å². The lowest BCUT2D eigenvalue weighted by Crippen LogP contribution is -2.31. The molecule has 0 aliphatic rings. The average Bonchev–Trinajstić information content (AvgIpc) is 2.72.